The Balaban J connectivity index is 1.52. The number of hydrogen-bond acceptors (Lipinski definition) is 5. The summed E-state index contributed by atoms with van der Waals surface area (Å²) in [5.74, 6) is 0.0458. The van der Waals surface area contributed by atoms with Crippen LogP contribution in [0, 0.1) is 18.8 Å². The van der Waals surface area contributed by atoms with Crippen molar-refractivity contribution in [2.75, 3.05) is 29.6 Å². The zero-order chi connectivity index (χ0) is 17.3. The van der Waals surface area contributed by atoms with Gasteiger partial charge >= 0.3 is 0 Å². The molecule has 0 spiro atoms. The van der Waals surface area contributed by atoms with Crippen LogP contribution in [0.25, 0.3) is 0 Å². The molecule has 0 radical (unpaired) electrons. The van der Waals surface area contributed by atoms with E-state index < -0.39 is 0 Å². The van der Waals surface area contributed by atoms with Crippen LogP contribution in [-0.2, 0) is 9.59 Å². The average molecular weight is 328 g/mol. The zero-order valence-corrected chi connectivity index (χ0v) is 13.9. The minimum atomic E-state index is -0.317. The Kier molecular flexibility index (Phi) is 4.24. The average Bonchev–Trinajstić information content (AvgIpc) is 3.25. The van der Waals surface area contributed by atoms with Gasteiger partial charge in [-0.15, -0.1) is 0 Å². The first-order valence-electron chi connectivity index (χ1n) is 7.76. The van der Waals surface area contributed by atoms with E-state index in [0.29, 0.717) is 18.0 Å². The Morgan fingerprint density at radius 1 is 1.12 bits per heavy atom. The summed E-state index contributed by atoms with van der Waals surface area (Å²) in [4.78, 5) is 26.3. The lowest BCUT2D eigenvalue weighted by Gasteiger charge is -2.13. The van der Waals surface area contributed by atoms with Gasteiger partial charge in [-0.3, -0.25) is 9.59 Å². The van der Waals surface area contributed by atoms with Crippen LogP contribution in [0.15, 0.2) is 34.9 Å². The predicted octanol–water partition coefficient (Wildman–Crippen LogP) is 2.26. The molecule has 1 fully saturated rings. The normalized spacial score (nSPS) is 18.8. The van der Waals surface area contributed by atoms with Gasteiger partial charge in [0, 0.05) is 31.5 Å². The lowest BCUT2D eigenvalue weighted by atomic mass is 10.2. The van der Waals surface area contributed by atoms with Gasteiger partial charge in [-0.05, 0) is 37.6 Å². The maximum absolute atomic E-state index is 12.2. The highest BCUT2D eigenvalue weighted by Gasteiger charge is 2.48. The molecular weight excluding hydrogens is 308 g/mol. The fourth-order valence-electron chi connectivity index (χ4n) is 2.50. The summed E-state index contributed by atoms with van der Waals surface area (Å²) in [5, 5.41) is 9.23. The van der Waals surface area contributed by atoms with Crippen LogP contribution < -0.4 is 15.5 Å². The van der Waals surface area contributed by atoms with Gasteiger partial charge in [0.15, 0.2) is 5.82 Å². The van der Waals surface area contributed by atoms with E-state index in [1.165, 1.54) is 0 Å². The molecule has 0 saturated heterocycles. The molecule has 1 aliphatic carbocycles. The molecule has 126 valence electrons. The molecule has 0 bridgehead atoms. The second-order valence-electron chi connectivity index (χ2n) is 6.19. The highest BCUT2D eigenvalue weighted by atomic mass is 16.5. The molecule has 7 heteroatoms. The summed E-state index contributed by atoms with van der Waals surface area (Å²) in [5.41, 5.74) is 1.78. The van der Waals surface area contributed by atoms with Gasteiger partial charge in [-0.1, -0.05) is 5.16 Å². The van der Waals surface area contributed by atoms with E-state index in [2.05, 4.69) is 15.8 Å². The van der Waals surface area contributed by atoms with Crippen molar-refractivity contribution < 1.29 is 14.1 Å². The summed E-state index contributed by atoms with van der Waals surface area (Å²) in [7, 11) is 3.91. The van der Waals surface area contributed by atoms with Gasteiger partial charge in [-0.2, -0.15) is 0 Å². The van der Waals surface area contributed by atoms with Crippen LogP contribution in [0.4, 0.5) is 17.2 Å². The molecule has 2 unspecified atom stereocenters. The molecule has 1 heterocycles. The van der Waals surface area contributed by atoms with Gasteiger partial charge in [0.05, 0.1) is 11.8 Å². The minimum absolute atomic E-state index is 0.135. The van der Waals surface area contributed by atoms with E-state index in [9.17, 15) is 9.59 Å². The molecule has 2 N–H and O–H groups in total. The quantitative estimate of drug-likeness (QED) is 0.879. The Bertz CT molecular complexity index is 751. The van der Waals surface area contributed by atoms with E-state index in [-0.39, 0.29) is 23.7 Å². The number of nitrogens with zero attached hydrogens (tertiary/aromatic N) is 2. The van der Waals surface area contributed by atoms with Crippen LogP contribution in [0.1, 0.15) is 12.2 Å². The highest BCUT2D eigenvalue weighted by Crippen LogP contribution is 2.40. The first-order valence-corrected chi connectivity index (χ1v) is 7.76. The SMILES string of the molecule is Cc1cc(NC(=O)C2CC2C(=O)Nc2ccc(N(C)C)cc2)no1. The third kappa shape index (κ3) is 3.56. The van der Waals surface area contributed by atoms with E-state index in [0.717, 1.165) is 11.4 Å². The number of aromatic nitrogens is 1. The van der Waals surface area contributed by atoms with E-state index in [1.54, 1.807) is 13.0 Å². The molecular formula is C17H20N4O3. The largest absolute Gasteiger partial charge is 0.378 e. The van der Waals surface area contributed by atoms with Crippen molar-refractivity contribution in [1.82, 2.24) is 5.16 Å². The second kappa shape index (κ2) is 6.35. The first-order chi connectivity index (χ1) is 11.4. The number of amides is 2. The van der Waals surface area contributed by atoms with Crippen molar-refractivity contribution in [3.8, 4) is 0 Å². The molecule has 0 aliphatic heterocycles. The molecule has 1 aliphatic rings. The number of aryl methyl sites for hydroxylation is 1. The van der Waals surface area contributed by atoms with Crippen molar-refractivity contribution in [1.29, 1.82) is 0 Å². The van der Waals surface area contributed by atoms with Crippen molar-refractivity contribution >= 4 is 29.0 Å². The fourth-order valence-corrected chi connectivity index (χ4v) is 2.50. The second-order valence-corrected chi connectivity index (χ2v) is 6.19. The summed E-state index contributed by atoms with van der Waals surface area (Å²) < 4.78 is 4.90. The maximum Gasteiger partial charge on any atom is 0.229 e. The van der Waals surface area contributed by atoms with Crippen LogP contribution in [0.3, 0.4) is 0 Å². The molecule has 24 heavy (non-hydrogen) atoms. The molecule has 1 aromatic carbocycles. The summed E-state index contributed by atoms with van der Waals surface area (Å²) in [6.07, 6.45) is 0.546. The lowest BCUT2D eigenvalue weighted by molar-refractivity contribution is -0.122. The Hall–Kier alpha value is -2.83. The van der Waals surface area contributed by atoms with E-state index in [4.69, 9.17) is 4.52 Å². The third-order valence-electron chi connectivity index (χ3n) is 3.99. The smallest absolute Gasteiger partial charge is 0.229 e. The van der Waals surface area contributed by atoms with Crippen LogP contribution in [-0.4, -0.2) is 31.1 Å². The molecule has 3 rings (SSSR count). The molecule has 7 nitrogen and oxygen atoms in total. The number of carbonyl (C=O) groups is 2. The molecule has 2 aromatic rings. The molecule has 2 atom stereocenters. The minimum Gasteiger partial charge on any atom is -0.378 e. The van der Waals surface area contributed by atoms with Crippen LogP contribution in [0.2, 0.25) is 0 Å². The zero-order valence-electron chi connectivity index (χ0n) is 13.9. The van der Waals surface area contributed by atoms with E-state index in [1.807, 2.05) is 43.3 Å². The number of carbonyl (C=O) groups excluding carboxylic acids is 2. The Morgan fingerprint density at radius 3 is 2.29 bits per heavy atom. The third-order valence-corrected chi connectivity index (χ3v) is 3.99. The Morgan fingerprint density at radius 2 is 1.75 bits per heavy atom. The summed E-state index contributed by atoms with van der Waals surface area (Å²) >= 11 is 0. The van der Waals surface area contributed by atoms with Crippen LogP contribution in [0.5, 0.6) is 0 Å². The van der Waals surface area contributed by atoms with Gasteiger partial charge < -0.3 is 20.1 Å². The van der Waals surface area contributed by atoms with Gasteiger partial charge in [0.25, 0.3) is 0 Å². The first kappa shape index (κ1) is 16.0. The van der Waals surface area contributed by atoms with Crippen molar-refractivity contribution in [3.05, 3.63) is 36.1 Å². The molecule has 2 amide bonds. The predicted molar refractivity (Wildman–Crippen MR) is 90.9 cm³/mol. The monoisotopic (exact) mass is 328 g/mol. The highest BCUT2D eigenvalue weighted by molar-refractivity contribution is 6.03. The van der Waals surface area contributed by atoms with E-state index >= 15 is 0 Å². The number of nitrogens with one attached hydrogen (secondary N) is 2. The topological polar surface area (TPSA) is 87.5 Å². The maximum atomic E-state index is 12.2. The number of hydrogen-bond donors (Lipinski definition) is 2. The number of rotatable bonds is 5. The number of benzene rings is 1. The molecule has 1 saturated carbocycles. The summed E-state index contributed by atoms with van der Waals surface area (Å²) in [6.45, 7) is 1.75. The van der Waals surface area contributed by atoms with Crippen molar-refractivity contribution in [2.45, 2.75) is 13.3 Å². The van der Waals surface area contributed by atoms with Gasteiger partial charge in [-0.25, -0.2) is 0 Å². The van der Waals surface area contributed by atoms with Gasteiger partial charge in [0.2, 0.25) is 11.8 Å². The molecule has 1 aromatic heterocycles. The fraction of sp³-hybridized carbons (Fsp3) is 0.353. The van der Waals surface area contributed by atoms with Crippen molar-refractivity contribution in [3.63, 3.8) is 0 Å². The lowest BCUT2D eigenvalue weighted by Crippen LogP contribution is -2.20. The van der Waals surface area contributed by atoms with Gasteiger partial charge in [0.1, 0.15) is 5.76 Å². The summed E-state index contributed by atoms with van der Waals surface area (Å²) in [6, 6.07) is 9.20. The number of anilines is 3. The Labute approximate surface area is 140 Å². The van der Waals surface area contributed by atoms with Crippen molar-refractivity contribution in [2.24, 2.45) is 11.8 Å². The standard InChI is InChI=1S/C17H20N4O3/c1-10-8-15(20-24-10)19-17(23)14-9-13(14)16(22)18-11-4-6-12(7-5-11)21(2)3/h4-8,13-14H,9H2,1-3H3,(H,18,22)(H,19,20,23). The van der Waals surface area contributed by atoms with Crippen LogP contribution >= 0.6 is 0 Å².